The van der Waals surface area contributed by atoms with Gasteiger partial charge in [0.25, 0.3) is 0 Å². The molecule has 0 fully saturated rings. The van der Waals surface area contributed by atoms with Crippen molar-refractivity contribution in [3.05, 3.63) is 47.7 Å². The number of hydrogen-bond donors (Lipinski definition) is 0. The minimum Gasteiger partial charge on any atom is -0.229 e. The molecule has 0 aliphatic carbocycles. The fraction of sp³-hybridized carbons (Fsp3) is 0.0909. The lowest BCUT2D eigenvalue weighted by molar-refractivity contribution is 0.922. The molecular weight excluding hydrogens is 281 g/mol. The van der Waals surface area contributed by atoms with Gasteiger partial charge in [-0.15, -0.1) is 0 Å². The van der Waals surface area contributed by atoms with Gasteiger partial charge in [0.2, 0.25) is 0 Å². The highest BCUT2D eigenvalue weighted by Gasteiger charge is 2.13. The Bertz CT molecular complexity index is 521. The smallest absolute Gasteiger partial charge is 0.167 e. The van der Waals surface area contributed by atoms with Gasteiger partial charge < -0.3 is 0 Å². The van der Waals surface area contributed by atoms with E-state index in [1.54, 1.807) is 30.6 Å². The standard InChI is InChI=1S/C11H8Cl3N3/c12-8-4-1-2-5-9(8)16-11(10(13)14)17-7-3-6-15-17/h1-7,10H. The van der Waals surface area contributed by atoms with E-state index in [9.17, 15) is 0 Å². The van der Waals surface area contributed by atoms with Gasteiger partial charge in [-0.2, -0.15) is 5.10 Å². The van der Waals surface area contributed by atoms with Crippen LogP contribution < -0.4 is 0 Å². The first kappa shape index (κ1) is 12.4. The fourth-order valence-corrected chi connectivity index (χ4v) is 1.75. The largest absolute Gasteiger partial charge is 0.229 e. The van der Waals surface area contributed by atoms with E-state index >= 15 is 0 Å². The van der Waals surface area contributed by atoms with Gasteiger partial charge in [0.15, 0.2) is 10.7 Å². The summed E-state index contributed by atoms with van der Waals surface area (Å²) in [6.07, 6.45) is 3.34. The number of rotatable bonds is 2. The molecule has 2 aromatic rings. The normalized spacial score (nSPS) is 12.1. The van der Waals surface area contributed by atoms with Gasteiger partial charge in [0, 0.05) is 12.4 Å². The molecule has 0 saturated carbocycles. The highest BCUT2D eigenvalue weighted by molar-refractivity contribution is 6.54. The molecule has 3 nitrogen and oxygen atoms in total. The van der Waals surface area contributed by atoms with E-state index in [1.807, 2.05) is 12.1 Å². The van der Waals surface area contributed by atoms with E-state index in [4.69, 9.17) is 34.8 Å². The van der Waals surface area contributed by atoms with Crippen LogP contribution in [0.1, 0.15) is 0 Å². The topological polar surface area (TPSA) is 30.2 Å². The molecule has 17 heavy (non-hydrogen) atoms. The molecule has 0 aliphatic heterocycles. The number of alkyl halides is 2. The Labute approximate surface area is 114 Å². The molecule has 88 valence electrons. The van der Waals surface area contributed by atoms with E-state index in [-0.39, 0.29) is 0 Å². The zero-order valence-electron chi connectivity index (χ0n) is 8.59. The van der Waals surface area contributed by atoms with Crippen LogP contribution in [0, 0.1) is 0 Å². The maximum Gasteiger partial charge on any atom is 0.167 e. The number of aromatic nitrogens is 2. The lowest BCUT2D eigenvalue weighted by Gasteiger charge is -2.07. The summed E-state index contributed by atoms with van der Waals surface area (Å²) < 4.78 is 1.51. The maximum absolute atomic E-state index is 6.01. The number of benzene rings is 1. The van der Waals surface area contributed by atoms with Crippen LogP contribution in [0.5, 0.6) is 0 Å². The fourth-order valence-electron chi connectivity index (χ4n) is 1.27. The Hall–Kier alpha value is -1.03. The van der Waals surface area contributed by atoms with Gasteiger partial charge in [-0.25, -0.2) is 9.67 Å². The second-order valence-corrected chi connectivity index (χ2v) is 4.68. The van der Waals surface area contributed by atoms with E-state index < -0.39 is 4.84 Å². The van der Waals surface area contributed by atoms with E-state index in [1.165, 1.54) is 4.68 Å². The van der Waals surface area contributed by atoms with Gasteiger partial charge in [-0.05, 0) is 18.2 Å². The first-order valence-electron chi connectivity index (χ1n) is 4.80. The Morgan fingerprint density at radius 3 is 2.59 bits per heavy atom. The molecule has 0 spiro atoms. The van der Waals surface area contributed by atoms with Crippen molar-refractivity contribution in [2.24, 2.45) is 4.99 Å². The van der Waals surface area contributed by atoms with Crippen molar-refractivity contribution in [2.45, 2.75) is 4.84 Å². The van der Waals surface area contributed by atoms with E-state index in [0.717, 1.165) is 0 Å². The summed E-state index contributed by atoms with van der Waals surface area (Å²) in [4.78, 5) is 3.54. The molecular formula is C11H8Cl3N3. The molecule has 0 radical (unpaired) electrons. The molecule has 1 aromatic heterocycles. The number of halogens is 3. The average molecular weight is 289 g/mol. The molecule has 1 heterocycles. The van der Waals surface area contributed by atoms with Crippen LogP contribution in [0.15, 0.2) is 47.7 Å². The number of aliphatic imine (C=N–C) groups is 1. The van der Waals surface area contributed by atoms with E-state index in [0.29, 0.717) is 16.5 Å². The molecule has 2 rings (SSSR count). The third kappa shape index (κ3) is 3.00. The first-order chi connectivity index (χ1) is 8.18. The van der Waals surface area contributed by atoms with Crippen molar-refractivity contribution in [1.29, 1.82) is 0 Å². The minimum atomic E-state index is -0.786. The van der Waals surface area contributed by atoms with Crippen LogP contribution >= 0.6 is 34.8 Å². The van der Waals surface area contributed by atoms with Crippen LogP contribution in [0.4, 0.5) is 5.69 Å². The Morgan fingerprint density at radius 1 is 1.24 bits per heavy atom. The lowest BCUT2D eigenvalue weighted by atomic mass is 10.3. The third-order valence-electron chi connectivity index (χ3n) is 2.02. The highest BCUT2D eigenvalue weighted by Crippen LogP contribution is 2.25. The average Bonchev–Trinajstić information content (AvgIpc) is 2.81. The Morgan fingerprint density at radius 2 is 2.00 bits per heavy atom. The number of hydrogen-bond acceptors (Lipinski definition) is 2. The summed E-state index contributed by atoms with van der Waals surface area (Å²) in [6, 6.07) is 8.95. The second kappa shape index (κ2) is 5.54. The van der Waals surface area contributed by atoms with Gasteiger partial charge in [0.1, 0.15) is 0 Å². The van der Waals surface area contributed by atoms with Crippen molar-refractivity contribution in [3.63, 3.8) is 0 Å². The van der Waals surface area contributed by atoms with Crippen molar-refractivity contribution < 1.29 is 0 Å². The van der Waals surface area contributed by atoms with Crippen molar-refractivity contribution in [3.8, 4) is 0 Å². The molecule has 0 amide bonds. The lowest BCUT2D eigenvalue weighted by Crippen LogP contribution is -2.19. The zero-order chi connectivity index (χ0) is 12.3. The predicted molar refractivity (Wildman–Crippen MR) is 71.7 cm³/mol. The SMILES string of the molecule is Clc1ccccc1N=C(C(Cl)Cl)n1cccn1. The summed E-state index contributed by atoms with van der Waals surface area (Å²) in [7, 11) is 0. The number of para-hydroxylation sites is 1. The third-order valence-corrected chi connectivity index (χ3v) is 2.73. The summed E-state index contributed by atoms with van der Waals surface area (Å²) in [6.45, 7) is 0. The van der Waals surface area contributed by atoms with Gasteiger partial charge >= 0.3 is 0 Å². The van der Waals surface area contributed by atoms with Gasteiger partial charge in [-0.3, -0.25) is 0 Å². The summed E-state index contributed by atoms with van der Waals surface area (Å²) >= 11 is 17.7. The van der Waals surface area contributed by atoms with Gasteiger partial charge in [-0.1, -0.05) is 46.9 Å². The maximum atomic E-state index is 6.01. The molecule has 6 heteroatoms. The summed E-state index contributed by atoms with van der Waals surface area (Å²) in [5.41, 5.74) is 0.603. The van der Waals surface area contributed by atoms with Crippen molar-refractivity contribution >= 4 is 46.3 Å². The van der Waals surface area contributed by atoms with Gasteiger partial charge in [0.05, 0.1) is 10.7 Å². The first-order valence-corrected chi connectivity index (χ1v) is 6.05. The molecule has 0 atom stereocenters. The van der Waals surface area contributed by atoms with Crippen molar-refractivity contribution in [1.82, 2.24) is 9.78 Å². The quantitative estimate of drug-likeness (QED) is 0.468. The molecule has 1 aromatic carbocycles. The minimum absolute atomic E-state index is 0.409. The molecule has 0 aliphatic rings. The molecule has 0 unspecified atom stereocenters. The molecule has 0 saturated heterocycles. The van der Waals surface area contributed by atoms with Crippen LogP contribution in [-0.2, 0) is 0 Å². The monoisotopic (exact) mass is 287 g/mol. The van der Waals surface area contributed by atoms with E-state index in [2.05, 4.69) is 10.1 Å². The zero-order valence-corrected chi connectivity index (χ0v) is 10.9. The van der Waals surface area contributed by atoms with Crippen LogP contribution in [0.25, 0.3) is 0 Å². The molecule has 0 bridgehead atoms. The predicted octanol–water partition coefficient (Wildman–Crippen LogP) is 3.92. The van der Waals surface area contributed by atoms with Crippen LogP contribution in [0.3, 0.4) is 0 Å². The second-order valence-electron chi connectivity index (χ2n) is 3.17. The van der Waals surface area contributed by atoms with Crippen molar-refractivity contribution in [2.75, 3.05) is 0 Å². The Balaban J connectivity index is 2.45. The Kier molecular flexibility index (Phi) is 4.05. The summed E-state index contributed by atoms with van der Waals surface area (Å²) in [5, 5.41) is 4.57. The van der Waals surface area contributed by atoms with Crippen LogP contribution in [-0.4, -0.2) is 20.5 Å². The highest BCUT2D eigenvalue weighted by atomic mass is 35.5. The molecule has 0 N–H and O–H groups in total. The number of nitrogens with zero attached hydrogens (tertiary/aromatic N) is 3. The summed E-state index contributed by atoms with van der Waals surface area (Å²) in [5.74, 6) is 0.409. The van der Waals surface area contributed by atoms with Crippen LogP contribution in [0.2, 0.25) is 5.02 Å².